The monoisotopic (exact) mass is 274 g/mol. The van der Waals surface area contributed by atoms with Crippen molar-refractivity contribution in [3.05, 3.63) is 12.2 Å². The summed E-state index contributed by atoms with van der Waals surface area (Å²) in [5.41, 5.74) is 0. The van der Waals surface area contributed by atoms with Crippen LogP contribution in [0.15, 0.2) is 6.33 Å². The highest BCUT2D eigenvalue weighted by Gasteiger charge is 2.10. The molecule has 0 aliphatic rings. The molecule has 1 aromatic heterocycles. The van der Waals surface area contributed by atoms with E-state index in [0.29, 0.717) is 10.9 Å². The van der Waals surface area contributed by atoms with Crippen molar-refractivity contribution in [3.8, 4) is 0 Å². The molecule has 5 heteroatoms. The molecule has 0 radical (unpaired) electrons. The molecule has 15 heavy (non-hydrogen) atoms. The molecule has 4 nitrogen and oxygen atoms in total. The fourth-order valence-electron chi connectivity index (χ4n) is 1.55. The van der Waals surface area contributed by atoms with Gasteiger partial charge in [0.05, 0.1) is 6.54 Å². The van der Waals surface area contributed by atoms with Gasteiger partial charge in [-0.1, -0.05) is 22.9 Å². The number of rotatable bonds is 5. The summed E-state index contributed by atoms with van der Waals surface area (Å²) in [5.74, 6) is 1.03. The Morgan fingerprint density at radius 2 is 2.13 bits per heavy atom. The lowest BCUT2D eigenvalue weighted by atomic mass is 10.4. The summed E-state index contributed by atoms with van der Waals surface area (Å²) < 4.78 is 1.97. The molecule has 0 aliphatic heterocycles. The molecule has 86 valence electrons. The maximum atomic E-state index is 4.28. The molecule has 0 fully saturated rings. The normalized spacial score (nSPS) is 13.8. The van der Waals surface area contributed by atoms with E-state index in [1.807, 2.05) is 4.68 Å². The molecule has 1 rings (SSSR count). The predicted molar refractivity (Wildman–Crippen MR) is 65.1 cm³/mol. The van der Waals surface area contributed by atoms with Gasteiger partial charge in [-0.3, -0.25) is 4.90 Å². The van der Waals surface area contributed by atoms with Gasteiger partial charge in [-0.05, 0) is 20.9 Å². The van der Waals surface area contributed by atoms with Crippen molar-refractivity contribution in [1.82, 2.24) is 19.7 Å². The third kappa shape index (κ3) is 3.91. The molecule has 1 heterocycles. The summed E-state index contributed by atoms with van der Waals surface area (Å²) in [6.07, 6.45) is 1.63. The lowest BCUT2D eigenvalue weighted by Crippen LogP contribution is -2.26. The van der Waals surface area contributed by atoms with Gasteiger partial charge in [-0.2, -0.15) is 5.10 Å². The van der Waals surface area contributed by atoms with E-state index in [1.54, 1.807) is 6.33 Å². The van der Waals surface area contributed by atoms with Crippen LogP contribution in [0.3, 0.4) is 0 Å². The van der Waals surface area contributed by atoms with Crippen molar-refractivity contribution in [3.63, 3.8) is 0 Å². The van der Waals surface area contributed by atoms with E-state index in [1.165, 1.54) is 0 Å². The highest BCUT2D eigenvalue weighted by Crippen LogP contribution is 2.08. The molecule has 0 amide bonds. The lowest BCUT2D eigenvalue weighted by molar-refractivity contribution is 0.311. The van der Waals surface area contributed by atoms with Crippen LogP contribution in [-0.4, -0.2) is 38.1 Å². The summed E-state index contributed by atoms with van der Waals surface area (Å²) in [6, 6.07) is 0.372. The summed E-state index contributed by atoms with van der Waals surface area (Å²) in [6.45, 7) is 8.22. The zero-order valence-electron chi connectivity index (χ0n) is 9.81. The Hall–Kier alpha value is -0.420. The van der Waals surface area contributed by atoms with Crippen LogP contribution in [0.25, 0.3) is 0 Å². The number of halogens is 1. The number of hydrogen-bond donors (Lipinski definition) is 0. The first kappa shape index (κ1) is 12.6. The fourth-order valence-corrected chi connectivity index (χ4v) is 2.05. The highest BCUT2D eigenvalue weighted by atomic mass is 79.9. The maximum absolute atomic E-state index is 4.28. The molecule has 1 unspecified atom stereocenters. The second kappa shape index (κ2) is 5.61. The van der Waals surface area contributed by atoms with Gasteiger partial charge in [0.2, 0.25) is 0 Å². The molecule has 0 spiro atoms. The van der Waals surface area contributed by atoms with Gasteiger partial charge in [0.15, 0.2) is 0 Å². The SMILES string of the molecule is CC(Br)CN(C)Cc1ncnn1C(C)C. The van der Waals surface area contributed by atoms with Crippen molar-refractivity contribution in [2.24, 2.45) is 0 Å². The lowest BCUT2D eigenvalue weighted by Gasteiger charge is -2.18. The zero-order chi connectivity index (χ0) is 11.4. The van der Waals surface area contributed by atoms with E-state index in [4.69, 9.17) is 0 Å². The van der Waals surface area contributed by atoms with Crippen LogP contribution in [0, 0.1) is 0 Å². The first-order valence-corrected chi connectivity index (χ1v) is 6.13. The summed E-state index contributed by atoms with van der Waals surface area (Å²) in [4.78, 5) is 7.02. The van der Waals surface area contributed by atoms with Crippen LogP contribution in [0.1, 0.15) is 32.6 Å². The van der Waals surface area contributed by atoms with E-state index < -0.39 is 0 Å². The Labute approximate surface area is 99.8 Å². The minimum absolute atomic E-state index is 0.372. The third-order valence-corrected chi connectivity index (χ3v) is 2.40. The number of aromatic nitrogens is 3. The standard InChI is InChI=1S/C10H19BrN4/c1-8(2)15-10(12-7-13-15)6-14(4)5-9(3)11/h7-9H,5-6H2,1-4H3. The zero-order valence-corrected chi connectivity index (χ0v) is 11.4. The minimum Gasteiger partial charge on any atom is -0.298 e. The number of alkyl halides is 1. The second-order valence-corrected chi connectivity index (χ2v) is 5.76. The predicted octanol–water partition coefficient (Wildman–Crippen LogP) is 2.07. The molecular formula is C10H19BrN4. The molecule has 0 saturated heterocycles. The first-order chi connectivity index (χ1) is 7.00. The second-order valence-electron chi connectivity index (χ2n) is 4.19. The van der Waals surface area contributed by atoms with Crippen molar-refractivity contribution in [1.29, 1.82) is 0 Å². The summed E-state index contributed by atoms with van der Waals surface area (Å²) in [5, 5.41) is 4.22. The van der Waals surface area contributed by atoms with Gasteiger partial charge < -0.3 is 0 Å². The van der Waals surface area contributed by atoms with E-state index in [9.17, 15) is 0 Å². The van der Waals surface area contributed by atoms with E-state index in [2.05, 4.69) is 58.7 Å². The Balaban J connectivity index is 2.60. The quantitative estimate of drug-likeness (QED) is 0.771. The van der Waals surface area contributed by atoms with Crippen LogP contribution in [0.4, 0.5) is 0 Å². The minimum atomic E-state index is 0.372. The summed E-state index contributed by atoms with van der Waals surface area (Å²) >= 11 is 3.54. The van der Waals surface area contributed by atoms with Gasteiger partial charge in [0.1, 0.15) is 12.2 Å². The van der Waals surface area contributed by atoms with E-state index >= 15 is 0 Å². The Morgan fingerprint density at radius 3 is 2.67 bits per heavy atom. The van der Waals surface area contributed by atoms with Gasteiger partial charge in [0, 0.05) is 17.4 Å². The van der Waals surface area contributed by atoms with Crippen LogP contribution >= 0.6 is 15.9 Å². The molecule has 0 bridgehead atoms. The average molecular weight is 275 g/mol. The van der Waals surface area contributed by atoms with Gasteiger partial charge in [0.25, 0.3) is 0 Å². The van der Waals surface area contributed by atoms with Crippen LogP contribution in [0.2, 0.25) is 0 Å². The Bertz CT molecular complexity index is 295. The average Bonchev–Trinajstić information content (AvgIpc) is 2.50. The van der Waals surface area contributed by atoms with Gasteiger partial charge in [-0.25, -0.2) is 9.67 Å². The maximum Gasteiger partial charge on any atom is 0.141 e. The molecule has 0 aliphatic carbocycles. The highest BCUT2D eigenvalue weighted by molar-refractivity contribution is 9.09. The molecular weight excluding hydrogens is 256 g/mol. The van der Waals surface area contributed by atoms with Crippen molar-refractivity contribution in [2.45, 2.75) is 38.2 Å². The van der Waals surface area contributed by atoms with Crippen molar-refractivity contribution in [2.75, 3.05) is 13.6 Å². The number of hydrogen-bond acceptors (Lipinski definition) is 3. The molecule has 0 saturated carbocycles. The van der Waals surface area contributed by atoms with Crippen molar-refractivity contribution < 1.29 is 0 Å². The molecule has 0 aromatic carbocycles. The van der Waals surface area contributed by atoms with E-state index in [-0.39, 0.29) is 0 Å². The first-order valence-electron chi connectivity index (χ1n) is 5.21. The Kier molecular flexibility index (Phi) is 4.73. The van der Waals surface area contributed by atoms with Crippen LogP contribution in [0.5, 0.6) is 0 Å². The Morgan fingerprint density at radius 1 is 1.47 bits per heavy atom. The largest absolute Gasteiger partial charge is 0.298 e. The van der Waals surface area contributed by atoms with Crippen LogP contribution < -0.4 is 0 Å². The van der Waals surface area contributed by atoms with Crippen LogP contribution in [-0.2, 0) is 6.54 Å². The topological polar surface area (TPSA) is 34.0 Å². The fraction of sp³-hybridized carbons (Fsp3) is 0.800. The third-order valence-electron chi connectivity index (χ3n) is 2.11. The number of nitrogens with zero attached hydrogens (tertiary/aromatic N) is 4. The summed E-state index contributed by atoms with van der Waals surface area (Å²) in [7, 11) is 2.09. The van der Waals surface area contributed by atoms with Crippen molar-refractivity contribution >= 4 is 15.9 Å². The molecule has 0 N–H and O–H groups in total. The van der Waals surface area contributed by atoms with Gasteiger partial charge >= 0.3 is 0 Å². The van der Waals surface area contributed by atoms with E-state index in [0.717, 1.165) is 18.9 Å². The molecule has 1 atom stereocenters. The molecule has 1 aromatic rings. The van der Waals surface area contributed by atoms with Gasteiger partial charge in [-0.15, -0.1) is 0 Å². The smallest absolute Gasteiger partial charge is 0.141 e.